The topological polar surface area (TPSA) is 112 Å². The van der Waals surface area contributed by atoms with E-state index in [1.807, 2.05) is 30.5 Å². The fourth-order valence-corrected chi connectivity index (χ4v) is 6.37. The van der Waals surface area contributed by atoms with Crippen molar-refractivity contribution in [2.24, 2.45) is 0 Å². The third kappa shape index (κ3) is 4.75. The molecule has 1 unspecified atom stereocenters. The van der Waals surface area contributed by atoms with Crippen LogP contribution in [0, 0.1) is 25.2 Å². The van der Waals surface area contributed by atoms with Crippen LogP contribution in [0.15, 0.2) is 22.8 Å². The Balaban J connectivity index is 1.38. The predicted molar refractivity (Wildman–Crippen MR) is 120 cm³/mol. The molecule has 0 bridgehead atoms. The lowest BCUT2D eigenvalue weighted by atomic mass is 10.2. The van der Waals surface area contributed by atoms with Gasteiger partial charge >= 0.3 is 0 Å². The van der Waals surface area contributed by atoms with Crippen molar-refractivity contribution >= 4 is 21.6 Å². The number of nitrogens with one attached hydrogen (secondary N) is 1. The average Bonchev–Trinajstić information content (AvgIpc) is 3.45. The molecule has 172 valence electrons. The van der Waals surface area contributed by atoms with Gasteiger partial charge in [-0.25, -0.2) is 8.42 Å². The molecule has 10 heteroatoms. The Morgan fingerprint density at radius 3 is 2.62 bits per heavy atom. The van der Waals surface area contributed by atoms with Crippen LogP contribution in [-0.2, 0) is 21.2 Å². The maximum absolute atomic E-state index is 12.9. The van der Waals surface area contributed by atoms with E-state index in [0.717, 1.165) is 30.1 Å². The van der Waals surface area contributed by atoms with Gasteiger partial charge in [-0.1, -0.05) is 0 Å². The quantitative estimate of drug-likeness (QED) is 0.694. The van der Waals surface area contributed by atoms with Crippen molar-refractivity contribution in [3.63, 3.8) is 0 Å². The van der Waals surface area contributed by atoms with E-state index < -0.39 is 9.84 Å². The molecule has 9 nitrogen and oxygen atoms in total. The van der Waals surface area contributed by atoms with Crippen LogP contribution >= 0.6 is 0 Å². The van der Waals surface area contributed by atoms with Crippen molar-refractivity contribution in [1.82, 2.24) is 14.4 Å². The molecule has 2 aromatic heterocycles. The maximum Gasteiger partial charge on any atom is 0.239 e. The Bertz CT molecular complexity index is 1120. The molecule has 2 saturated heterocycles. The van der Waals surface area contributed by atoms with Crippen molar-refractivity contribution < 1.29 is 17.6 Å². The van der Waals surface area contributed by atoms with Crippen molar-refractivity contribution in [3.8, 4) is 6.07 Å². The monoisotopic (exact) mass is 459 g/mol. The zero-order valence-electron chi connectivity index (χ0n) is 18.5. The van der Waals surface area contributed by atoms with Gasteiger partial charge in [0.25, 0.3) is 0 Å². The number of hydrogen-bond acceptors (Lipinski definition) is 7. The van der Waals surface area contributed by atoms with E-state index in [-0.39, 0.29) is 30.0 Å². The smallest absolute Gasteiger partial charge is 0.239 e. The highest BCUT2D eigenvalue weighted by Crippen LogP contribution is 2.27. The molecule has 2 aliphatic heterocycles. The van der Waals surface area contributed by atoms with Gasteiger partial charge in [-0.2, -0.15) is 5.26 Å². The second-order valence-corrected chi connectivity index (χ2v) is 10.9. The molecule has 32 heavy (non-hydrogen) atoms. The lowest BCUT2D eigenvalue weighted by Gasteiger charge is -2.37. The Morgan fingerprint density at radius 1 is 1.28 bits per heavy atom. The van der Waals surface area contributed by atoms with Crippen LogP contribution < -0.4 is 5.32 Å². The summed E-state index contributed by atoms with van der Waals surface area (Å²) in [6, 6.07) is 6.00. The summed E-state index contributed by atoms with van der Waals surface area (Å²) in [6.07, 6.45) is 2.30. The molecule has 0 spiro atoms. The molecule has 1 atom stereocenters. The summed E-state index contributed by atoms with van der Waals surface area (Å²) in [5.74, 6) is 1.59. The second kappa shape index (κ2) is 9.10. The molecular formula is C22H29N5O4S. The van der Waals surface area contributed by atoms with Crippen LogP contribution in [0.3, 0.4) is 0 Å². The van der Waals surface area contributed by atoms with Crippen LogP contribution in [0.4, 0.5) is 5.82 Å². The number of rotatable bonds is 6. The minimum Gasteiger partial charge on any atom is -0.467 e. The van der Waals surface area contributed by atoms with E-state index in [2.05, 4.69) is 21.2 Å². The number of carbonyl (C=O) groups is 1. The van der Waals surface area contributed by atoms with E-state index in [9.17, 15) is 18.5 Å². The van der Waals surface area contributed by atoms with Crippen molar-refractivity contribution in [1.29, 1.82) is 5.26 Å². The maximum atomic E-state index is 12.9. The van der Waals surface area contributed by atoms with E-state index in [1.165, 1.54) is 0 Å². The van der Waals surface area contributed by atoms with Crippen LogP contribution in [0.25, 0.3) is 0 Å². The molecule has 4 heterocycles. The Kier molecular flexibility index (Phi) is 6.42. The number of piperazine rings is 1. The highest BCUT2D eigenvalue weighted by atomic mass is 32.2. The van der Waals surface area contributed by atoms with E-state index >= 15 is 0 Å². The fraction of sp³-hybridized carbons (Fsp3) is 0.545. The van der Waals surface area contributed by atoms with Gasteiger partial charge in [0, 0.05) is 37.9 Å². The highest BCUT2D eigenvalue weighted by Gasteiger charge is 2.34. The number of carbonyl (C=O) groups excluding carboxylic acids is 1. The van der Waals surface area contributed by atoms with Crippen LogP contribution in [0.1, 0.15) is 29.0 Å². The van der Waals surface area contributed by atoms with Crippen molar-refractivity contribution in [3.05, 3.63) is 41.0 Å². The number of nitrogens with zero attached hydrogens (tertiary/aromatic N) is 4. The minimum absolute atomic E-state index is 0.102. The van der Waals surface area contributed by atoms with Gasteiger partial charge in [0.2, 0.25) is 5.91 Å². The van der Waals surface area contributed by atoms with Gasteiger partial charge < -0.3 is 14.3 Å². The Morgan fingerprint density at radius 2 is 2.03 bits per heavy atom. The standard InChI is InChI=1S/C22H29N5O4S/c1-16-17(2)27(13-19-4-3-10-31-19)22(20(16)12-23)24-21(28)14-25-6-8-26(9-7-25)18-5-11-32(29,30)15-18/h3-4,10,18H,5-9,11,13-15H2,1-2H3,(H,24,28). The first kappa shape index (κ1) is 22.6. The molecule has 1 amide bonds. The van der Waals surface area contributed by atoms with Gasteiger partial charge in [0.1, 0.15) is 17.6 Å². The second-order valence-electron chi connectivity index (χ2n) is 8.63. The van der Waals surface area contributed by atoms with Crippen LogP contribution in [0.5, 0.6) is 0 Å². The first-order valence-electron chi connectivity index (χ1n) is 10.9. The summed E-state index contributed by atoms with van der Waals surface area (Å²) in [5.41, 5.74) is 2.22. The molecule has 1 N–H and O–H groups in total. The van der Waals surface area contributed by atoms with Gasteiger partial charge in [0.15, 0.2) is 9.84 Å². The van der Waals surface area contributed by atoms with Crippen LogP contribution in [0.2, 0.25) is 0 Å². The number of sulfone groups is 1. The van der Waals surface area contributed by atoms with E-state index in [1.54, 1.807) is 6.26 Å². The molecule has 0 saturated carbocycles. The fourth-order valence-electron chi connectivity index (χ4n) is 4.61. The third-order valence-corrected chi connectivity index (χ3v) is 8.34. The lowest BCUT2D eigenvalue weighted by molar-refractivity contribution is -0.117. The molecule has 2 aliphatic rings. The highest BCUT2D eigenvalue weighted by molar-refractivity contribution is 7.91. The molecule has 0 aliphatic carbocycles. The summed E-state index contributed by atoms with van der Waals surface area (Å²) in [4.78, 5) is 17.2. The normalized spacial score (nSPS) is 21.5. The summed E-state index contributed by atoms with van der Waals surface area (Å²) >= 11 is 0. The Hall–Kier alpha value is -2.61. The molecular weight excluding hydrogens is 430 g/mol. The number of anilines is 1. The van der Waals surface area contributed by atoms with Crippen molar-refractivity contribution in [2.45, 2.75) is 32.9 Å². The zero-order chi connectivity index (χ0) is 22.9. The summed E-state index contributed by atoms with van der Waals surface area (Å²) in [7, 11) is -2.90. The first-order valence-corrected chi connectivity index (χ1v) is 12.7. The molecule has 2 fully saturated rings. The van der Waals surface area contributed by atoms with Gasteiger partial charge in [-0.15, -0.1) is 0 Å². The molecule has 0 radical (unpaired) electrons. The van der Waals surface area contributed by atoms with Gasteiger partial charge in [-0.3, -0.25) is 14.6 Å². The summed E-state index contributed by atoms with van der Waals surface area (Å²) in [6.45, 7) is 7.39. The van der Waals surface area contributed by atoms with Crippen LogP contribution in [-0.4, -0.2) is 79.0 Å². The van der Waals surface area contributed by atoms with E-state index in [4.69, 9.17) is 4.42 Å². The molecule has 2 aromatic rings. The SMILES string of the molecule is Cc1c(C#N)c(NC(=O)CN2CCN(C3CCS(=O)(=O)C3)CC2)n(Cc2ccco2)c1C. The number of nitriles is 1. The summed E-state index contributed by atoms with van der Waals surface area (Å²) in [5, 5.41) is 12.6. The number of amides is 1. The Labute approximate surface area is 188 Å². The van der Waals surface area contributed by atoms with Gasteiger partial charge in [-0.05, 0) is 38.0 Å². The zero-order valence-corrected chi connectivity index (χ0v) is 19.3. The first-order chi connectivity index (χ1) is 15.3. The third-order valence-electron chi connectivity index (χ3n) is 6.59. The summed E-state index contributed by atoms with van der Waals surface area (Å²) < 4.78 is 30.9. The number of hydrogen-bond donors (Lipinski definition) is 1. The predicted octanol–water partition coefficient (Wildman–Crippen LogP) is 1.36. The minimum atomic E-state index is -2.90. The molecule has 0 aromatic carbocycles. The van der Waals surface area contributed by atoms with Gasteiger partial charge in [0.05, 0.1) is 36.4 Å². The number of furan rings is 1. The van der Waals surface area contributed by atoms with E-state index in [0.29, 0.717) is 37.4 Å². The number of aromatic nitrogens is 1. The largest absolute Gasteiger partial charge is 0.467 e. The average molecular weight is 460 g/mol. The van der Waals surface area contributed by atoms with Crippen molar-refractivity contribution in [2.75, 3.05) is 49.5 Å². The lowest BCUT2D eigenvalue weighted by Crippen LogP contribution is -2.52. The molecule has 4 rings (SSSR count).